The third kappa shape index (κ3) is 11.9. The van der Waals surface area contributed by atoms with E-state index in [2.05, 4.69) is 6.58 Å². The number of hydrogen-bond acceptors (Lipinski definition) is 2. The SMILES string of the molecule is C=C(/C=C\C=N)CCOC.CC. The maximum atomic E-state index is 6.69. The van der Waals surface area contributed by atoms with Crippen LogP contribution in [0.3, 0.4) is 0 Å². The lowest BCUT2D eigenvalue weighted by Gasteiger charge is -1.96. The predicted octanol–water partition coefficient (Wildman–Crippen LogP) is 2.81. The number of ether oxygens (including phenoxy) is 1. The smallest absolute Gasteiger partial charge is 0.0502 e. The standard InChI is InChI=1S/C8H13NO.C2H6/c1-8(4-3-6-9)5-7-10-2;1-2/h3-4,6,9H,1,5,7H2,2H3;1-2H3/b4-3-,9-6?;. The average Bonchev–Trinajstić information content (AvgIpc) is 2.14. The second-order valence-electron chi connectivity index (χ2n) is 1.93. The number of hydrogen-bond donors (Lipinski definition) is 1. The Hall–Kier alpha value is -0.890. The summed E-state index contributed by atoms with van der Waals surface area (Å²) in [5.74, 6) is 0. The van der Waals surface area contributed by atoms with Gasteiger partial charge in [0.2, 0.25) is 0 Å². The molecule has 0 rings (SSSR count). The van der Waals surface area contributed by atoms with Gasteiger partial charge in [-0.3, -0.25) is 0 Å². The molecule has 1 N–H and O–H groups in total. The van der Waals surface area contributed by atoms with Crippen LogP contribution in [-0.4, -0.2) is 19.9 Å². The number of nitrogens with one attached hydrogen (secondary N) is 1. The third-order valence-electron chi connectivity index (χ3n) is 1.06. The van der Waals surface area contributed by atoms with Crippen molar-refractivity contribution in [1.82, 2.24) is 0 Å². The van der Waals surface area contributed by atoms with Crippen LogP contribution < -0.4 is 0 Å². The van der Waals surface area contributed by atoms with Gasteiger partial charge < -0.3 is 10.1 Å². The van der Waals surface area contributed by atoms with Gasteiger partial charge >= 0.3 is 0 Å². The largest absolute Gasteiger partial charge is 0.384 e. The average molecular weight is 169 g/mol. The first-order chi connectivity index (χ1) is 5.81. The Morgan fingerprint density at radius 2 is 2.08 bits per heavy atom. The van der Waals surface area contributed by atoms with Gasteiger partial charge in [-0.1, -0.05) is 32.1 Å². The Kier molecular flexibility index (Phi) is 14.5. The Morgan fingerprint density at radius 1 is 1.50 bits per heavy atom. The van der Waals surface area contributed by atoms with Crippen LogP contribution in [0.4, 0.5) is 0 Å². The topological polar surface area (TPSA) is 33.1 Å². The Morgan fingerprint density at radius 3 is 2.50 bits per heavy atom. The van der Waals surface area contributed by atoms with Crippen molar-refractivity contribution in [3.63, 3.8) is 0 Å². The first-order valence-electron chi connectivity index (χ1n) is 4.15. The van der Waals surface area contributed by atoms with Crippen LogP contribution in [0.5, 0.6) is 0 Å². The summed E-state index contributed by atoms with van der Waals surface area (Å²) >= 11 is 0. The predicted molar refractivity (Wildman–Crippen MR) is 54.9 cm³/mol. The zero-order valence-corrected chi connectivity index (χ0v) is 8.26. The summed E-state index contributed by atoms with van der Waals surface area (Å²) in [5.41, 5.74) is 0.991. The van der Waals surface area contributed by atoms with E-state index in [1.54, 1.807) is 13.2 Å². The number of allylic oxidation sites excluding steroid dienone is 2. The van der Waals surface area contributed by atoms with Crippen molar-refractivity contribution in [2.75, 3.05) is 13.7 Å². The van der Waals surface area contributed by atoms with Crippen LogP contribution in [0.25, 0.3) is 0 Å². The lowest BCUT2D eigenvalue weighted by atomic mass is 10.2. The van der Waals surface area contributed by atoms with Crippen molar-refractivity contribution in [3.8, 4) is 0 Å². The van der Waals surface area contributed by atoms with Gasteiger partial charge in [0, 0.05) is 13.3 Å². The van der Waals surface area contributed by atoms with Gasteiger partial charge in [0.25, 0.3) is 0 Å². The van der Waals surface area contributed by atoms with Crippen LogP contribution in [0.2, 0.25) is 0 Å². The summed E-state index contributed by atoms with van der Waals surface area (Å²) in [6, 6.07) is 0. The minimum absolute atomic E-state index is 0.696. The molecule has 12 heavy (non-hydrogen) atoms. The summed E-state index contributed by atoms with van der Waals surface area (Å²) in [6.07, 6.45) is 5.53. The molecule has 0 spiro atoms. The van der Waals surface area contributed by atoms with E-state index in [4.69, 9.17) is 10.1 Å². The fourth-order valence-electron chi connectivity index (χ4n) is 0.501. The van der Waals surface area contributed by atoms with Crippen LogP contribution >= 0.6 is 0 Å². The summed E-state index contributed by atoms with van der Waals surface area (Å²) in [5, 5.41) is 6.69. The van der Waals surface area contributed by atoms with Gasteiger partial charge in [-0.05, 0) is 12.5 Å². The number of methoxy groups -OCH3 is 1. The molecule has 0 atom stereocenters. The molecule has 0 saturated heterocycles. The molecule has 0 bridgehead atoms. The zero-order chi connectivity index (χ0) is 9.82. The van der Waals surface area contributed by atoms with Gasteiger partial charge in [0.05, 0.1) is 6.61 Å². The summed E-state index contributed by atoms with van der Waals surface area (Å²) < 4.78 is 4.84. The van der Waals surface area contributed by atoms with E-state index >= 15 is 0 Å². The highest BCUT2D eigenvalue weighted by molar-refractivity contribution is 5.68. The first-order valence-corrected chi connectivity index (χ1v) is 4.15. The van der Waals surface area contributed by atoms with Gasteiger partial charge in [0.15, 0.2) is 0 Å². The molecule has 2 nitrogen and oxygen atoms in total. The van der Waals surface area contributed by atoms with Crippen molar-refractivity contribution >= 4 is 6.21 Å². The van der Waals surface area contributed by atoms with E-state index < -0.39 is 0 Å². The molecule has 0 aliphatic carbocycles. The van der Waals surface area contributed by atoms with Gasteiger partial charge in [-0.2, -0.15) is 0 Å². The highest BCUT2D eigenvalue weighted by Gasteiger charge is 1.85. The molecule has 0 fully saturated rings. The maximum absolute atomic E-state index is 6.69. The third-order valence-corrected chi connectivity index (χ3v) is 1.06. The summed E-state index contributed by atoms with van der Waals surface area (Å²) in [4.78, 5) is 0. The van der Waals surface area contributed by atoms with Crippen molar-refractivity contribution in [3.05, 3.63) is 24.3 Å². The number of rotatable bonds is 5. The molecule has 2 heteroatoms. The highest BCUT2D eigenvalue weighted by atomic mass is 16.5. The monoisotopic (exact) mass is 169 g/mol. The van der Waals surface area contributed by atoms with Crippen molar-refractivity contribution in [2.24, 2.45) is 0 Å². The molecule has 0 aliphatic rings. The van der Waals surface area contributed by atoms with Gasteiger partial charge in [-0.25, -0.2) is 0 Å². The van der Waals surface area contributed by atoms with E-state index in [0.717, 1.165) is 12.0 Å². The lowest BCUT2D eigenvalue weighted by Crippen LogP contribution is -1.88. The van der Waals surface area contributed by atoms with Crippen molar-refractivity contribution in [1.29, 1.82) is 5.41 Å². The quantitative estimate of drug-likeness (QED) is 0.498. The van der Waals surface area contributed by atoms with E-state index in [1.807, 2.05) is 19.9 Å². The van der Waals surface area contributed by atoms with Crippen molar-refractivity contribution < 1.29 is 4.74 Å². The molecule has 0 aliphatic heterocycles. The summed E-state index contributed by atoms with van der Waals surface area (Å²) in [7, 11) is 1.66. The van der Waals surface area contributed by atoms with Crippen molar-refractivity contribution in [2.45, 2.75) is 20.3 Å². The van der Waals surface area contributed by atoms with Gasteiger partial charge in [-0.15, -0.1) is 0 Å². The molecule has 0 amide bonds. The first kappa shape index (κ1) is 13.7. The molecule has 0 aromatic rings. The van der Waals surface area contributed by atoms with Crippen LogP contribution in [-0.2, 0) is 4.74 Å². The Bertz CT molecular complexity index is 139. The molecular formula is C10H19NO. The van der Waals surface area contributed by atoms with E-state index in [-0.39, 0.29) is 0 Å². The molecule has 70 valence electrons. The Labute approximate surface area is 75.4 Å². The molecule has 0 aromatic carbocycles. The van der Waals surface area contributed by atoms with E-state index in [9.17, 15) is 0 Å². The lowest BCUT2D eigenvalue weighted by molar-refractivity contribution is 0.203. The van der Waals surface area contributed by atoms with Crippen LogP contribution in [0, 0.1) is 5.41 Å². The molecular weight excluding hydrogens is 150 g/mol. The van der Waals surface area contributed by atoms with E-state index in [0.29, 0.717) is 6.61 Å². The fraction of sp³-hybridized carbons (Fsp3) is 0.500. The molecule has 0 radical (unpaired) electrons. The minimum Gasteiger partial charge on any atom is -0.384 e. The molecule has 0 unspecified atom stereocenters. The molecule has 0 heterocycles. The van der Waals surface area contributed by atoms with Crippen LogP contribution in [0.15, 0.2) is 24.3 Å². The fourth-order valence-corrected chi connectivity index (χ4v) is 0.501. The highest BCUT2D eigenvalue weighted by Crippen LogP contribution is 1.98. The Balaban J connectivity index is 0. The second kappa shape index (κ2) is 12.8. The zero-order valence-electron chi connectivity index (χ0n) is 8.26. The van der Waals surface area contributed by atoms with Crippen LogP contribution in [0.1, 0.15) is 20.3 Å². The molecule has 0 aromatic heterocycles. The normalized spacial score (nSPS) is 8.92. The van der Waals surface area contributed by atoms with E-state index in [1.165, 1.54) is 6.21 Å². The molecule has 0 saturated carbocycles. The van der Waals surface area contributed by atoms with Gasteiger partial charge in [0.1, 0.15) is 0 Å². The minimum atomic E-state index is 0.696. The summed E-state index contributed by atoms with van der Waals surface area (Å²) in [6.45, 7) is 8.46. The second-order valence-corrected chi connectivity index (χ2v) is 1.93. The maximum Gasteiger partial charge on any atom is 0.0502 e.